The number of methoxy groups -OCH3 is 1. The third kappa shape index (κ3) is 4.54. The third-order valence-electron chi connectivity index (χ3n) is 5.42. The first kappa shape index (κ1) is 23.1. The molecule has 0 bridgehead atoms. The van der Waals surface area contributed by atoms with E-state index in [-0.39, 0.29) is 34.3 Å². The fourth-order valence-corrected chi connectivity index (χ4v) is 3.65. The number of benzene rings is 3. The van der Waals surface area contributed by atoms with Gasteiger partial charge < -0.3 is 15.2 Å². The number of nitriles is 1. The van der Waals surface area contributed by atoms with E-state index >= 15 is 0 Å². The van der Waals surface area contributed by atoms with Gasteiger partial charge in [-0.15, -0.1) is 10.2 Å². The van der Waals surface area contributed by atoms with Crippen molar-refractivity contribution in [3.63, 3.8) is 0 Å². The number of rotatable bonds is 6. The van der Waals surface area contributed by atoms with Crippen LogP contribution in [0.25, 0.3) is 16.7 Å². The van der Waals surface area contributed by atoms with Gasteiger partial charge in [-0.2, -0.15) is 15.0 Å². The van der Waals surface area contributed by atoms with Crippen LogP contribution in [0.3, 0.4) is 0 Å². The van der Waals surface area contributed by atoms with Gasteiger partial charge in [0.25, 0.3) is 11.9 Å². The summed E-state index contributed by atoms with van der Waals surface area (Å²) in [4.78, 5) is 21.4. The quantitative estimate of drug-likeness (QED) is 0.315. The average molecular weight is 490 g/mol. The van der Waals surface area contributed by atoms with Crippen LogP contribution in [-0.2, 0) is 0 Å². The minimum atomic E-state index is -0.548. The van der Waals surface area contributed by atoms with Crippen molar-refractivity contribution in [1.82, 2.24) is 19.7 Å². The van der Waals surface area contributed by atoms with Gasteiger partial charge in [-0.05, 0) is 29.7 Å². The molecular weight excluding hydrogens is 472 g/mol. The molecule has 5 rings (SSSR count). The van der Waals surface area contributed by atoms with Gasteiger partial charge in [0.1, 0.15) is 23.1 Å². The summed E-state index contributed by atoms with van der Waals surface area (Å²) in [5.41, 5.74) is 0.674. The van der Waals surface area contributed by atoms with Gasteiger partial charge in [-0.25, -0.2) is 9.97 Å². The second-order valence-electron chi connectivity index (χ2n) is 7.68. The molecule has 180 valence electrons. The number of phenolic OH excluding ortho intramolecular Hbond substituents is 1. The molecule has 0 atom stereocenters. The summed E-state index contributed by atoms with van der Waals surface area (Å²) in [6, 6.07) is 19.2. The van der Waals surface area contributed by atoms with Crippen molar-refractivity contribution in [3.05, 3.63) is 90.4 Å². The number of carbonyl (C=O) groups is 1. The third-order valence-corrected chi connectivity index (χ3v) is 5.42. The number of hydrogen-bond acceptors (Lipinski definition) is 9. The number of azo groups is 1. The number of fused-ring (bicyclic) bond motifs is 1. The van der Waals surface area contributed by atoms with Crippen LogP contribution in [0.4, 0.5) is 17.2 Å². The number of ether oxygens (including phenoxy) is 1. The van der Waals surface area contributed by atoms with Gasteiger partial charge >= 0.3 is 0 Å². The Kier molecular flexibility index (Phi) is 6.21. The topological polar surface area (TPSA) is 151 Å². The molecule has 5 aromatic rings. The van der Waals surface area contributed by atoms with Crippen molar-refractivity contribution in [2.45, 2.75) is 0 Å². The van der Waals surface area contributed by atoms with E-state index < -0.39 is 5.91 Å². The van der Waals surface area contributed by atoms with Crippen LogP contribution in [0.15, 0.2) is 89.5 Å². The van der Waals surface area contributed by atoms with Crippen molar-refractivity contribution < 1.29 is 14.6 Å². The molecule has 0 spiro atoms. The van der Waals surface area contributed by atoms with E-state index in [1.807, 2.05) is 6.07 Å². The molecule has 3 aromatic carbocycles. The summed E-state index contributed by atoms with van der Waals surface area (Å²) in [6.45, 7) is 0. The maximum absolute atomic E-state index is 13.1. The predicted octanol–water partition coefficient (Wildman–Crippen LogP) is 5.07. The minimum absolute atomic E-state index is 0.00382. The standard InChI is InChI=1S/C26H18N8O3/c1-37-19-8-4-7-18(13-19)31-25(36)21-12-16-6-2-3-9-20(16)22(23(21)35)32-33-24-17(14-27)15-30-34(24)26-28-10-5-11-29-26/h2-13,15,35H,1H3,(H,31,36)/b33-32+. The Balaban J connectivity index is 1.59. The summed E-state index contributed by atoms with van der Waals surface area (Å²) >= 11 is 0. The van der Waals surface area contributed by atoms with Crippen LogP contribution in [0.2, 0.25) is 0 Å². The fourth-order valence-electron chi connectivity index (χ4n) is 3.65. The maximum Gasteiger partial charge on any atom is 0.259 e. The van der Waals surface area contributed by atoms with Gasteiger partial charge in [0.2, 0.25) is 0 Å². The van der Waals surface area contributed by atoms with Gasteiger partial charge in [-0.1, -0.05) is 30.3 Å². The molecule has 11 nitrogen and oxygen atoms in total. The fraction of sp³-hybridized carbons (Fsp3) is 0.0385. The van der Waals surface area contributed by atoms with Crippen LogP contribution >= 0.6 is 0 Å². The molecule has 0 aliphatic carbocycles. The zero-order chi connectivity index (χ0) is 25.8. The van der Waals surface area contributed by atoms with Crippen LogP contribution < -0.4 is 10.1 Å². The van der Waals surface area contributed by atoms with E-state index in [4.69, 9.17) is 4.74 Å². The van der Waals surface area contributed by atoms with E-state index in [0.717, 1.165) is 0 Å². The summed E-state index contributed by atoms with van der Waals surface area (Å²) in [7, 11) is 1.53. The maximum atomic E-state index is 13.1. The summed E-state index contributed by atoms with van der Waals surface area (Å²) in [5.74, 6) is -0.0824. The van der Waals surface area contributed by atoms with Crippen molar-refractivity contribution >= 4 is 33.9 Å². The van der Waals surface area contributed by atoms with E-state index in [9.17, 15) is 15.2 Å². The van der Waals surface area contributed by atoms with Crippen LogP contribution in [0, 0.1) is 11.3 Å². The Morgan fingerprint density at radius 1 is 1.08 bits per heavy atom. The predicted molar refractivity (Wildman–Crippen MR) is 135 cm³/mol. The van der Waals surface area contributed by atoms with Crippen molar-refractivity contribution in [1.29, 1.82) is 5.26 Å². The number of aromatic nitrogens is 4. The molecule has 0 saturated heterocycles. The lowest BCUT2D eigenvalue weighted by Crippen LogP contribution is -2.12. The van der Waals surface area contributed by atoms with Crippen LogP contribution in [-0.4, -0.2) is 37.9 Å². The lowest BCUT2D eigenvalue weighted by molar-refractivity contribution is 0.102. The summed E-state index contributed by atoms with van der Waals surface area (Å²) < 4.78 is 6.47. The Morgan fingerprint density at radius 2 is 1.89 bits per heavy atom. The Bertz CT molecular complexity index is 1690. The first-order valence-corrected chi connectivity index (χ1v) is 11.0. The molecule has 0 saturated carbocycles. The number of aromatic hydroxyl groups is 1. The van der Waals surface area contributed by atoms with Gasteiger partial charge in [-0.3, -0.25) is 4.79 Å². The first-order chi connectivity index (χ1) is 18.1. The number of nitrogens with one attached hydrogen (secondary N) is 1. The number of nitrogens with zero attached hydrogens (tertiary/aromatic N) is 7. The molecule has 11 heteroatoms. The molecule has 1 amide bonds. The smallest absolute Gasteiger partial charge is 0.259 e. The summed E-state index contributed by atoms with van der Waals surface area (Å²) in [5, 5.41) is 37.3. The Morgan fingerprint density at radius 3 is 2.68 bits per heavy atom. The average Bonchev–Trinajstić information content (AvgIpc) is 3.35. The van der Waals surface area contributed by atoms with Gasteiger partial charge in [0.15, 0.2) is 11.6 Å². The Labute approximate surface area is 210 Å². The molecular formula is C26H18N8O3. The van der Waals surface area contributed by atoms with Gasteiger partial charge in [0, 0.05) is 29.5 Å². The molecule has 0 aliphatic heterocycles. The lowest BCUT2D eigenvalue weighted by Gasteiger charge is -2.11. The molecule has 0 aliphatic rings. The molecule has 0 fully saturated rings. The second kappa shape index (κ2) is 9.93. The van der Waals surface area contributed by atoms with E-state index in [1.54, 1.807) is 60.7 Å². The number of phenols is 1. The highest BCUT2D eigenvalue weighted by Gasteiger charge is 2.20. The highest BCUT2D eigenvalue weighted by molar-refractivity contribution is 6.11. The van der Waals surface area contributed by atoms with E-state index in [0.29, 0.717) is 22.2 Å². The monoisotopic (exact) mass is 490 g/mol. The highest BCUT2D eigenvalue weighted by atomic mass is 16.5. The number of amides is 1. The highest BCUT2D eigenvalue weighted by Crippen LogP contribution is 2.40. The number of carbonyl (C=O) groups excluding carboxylic acids is 1. The molecule has 2 N–H and O–H groups in total. The second-order valence-corrected chi connectivity index (χ2v) is 7.68. The SMILES string of the molecule is COc1cccc(NC(=O)c2cc3ccccc3c(/N=N/c3c(C#N)cnn3-c3ncccn3)c2O)c1. The molecule has 0 radical (unpaired) electrons. The van der Waals surface area contributed by atoms with E-state index in [2.05, 4.69) is 30.6 Å². The normalized spacial score (nSPS) is 10.9. The number of anilines is 1. The Hall–Kier alpha value is -5.63. The molecule has 37 heavy (non-hydrogen) atoms. The first-order valence-electron chi connectivity index (χ1n) is 11.0. The van der Waals surface area contributed by atoms with Gasteiger partial charge in [0.05, 0.1) is 18.9 Å². The minimum Gasteiger partial charge on any atom is -0.505 e. The number of hydrogen-bond donors (Lipinski definition) is 2. The lowest BCUT2D eigenvalue weighted by atomic mass is 10.0. The van der Waals surface area contributed by atoms with Crippen molar-refractivity contribution in [2.75, 3.05) is 12.4 Å². The molecule has 0 unspecified atom stereocenters. The van der Waals surface area contributed by atoms with Crippen molar-refractivity contribution in [2.24, 2.45) is 10.2 Å². The van der Waals surface area contributed by atoms with Crippen molar-refractivity contribution in [3.8, 4) is 23.5 Å². The molecule has 2 aromatic heterocycles. The zero-order valence-corrected chi connectivity index (χ0v) is 19.4. The largest absolute Gasteiger partial charge is 0.505 e. The van der Waals surface area contributed by atoms with Crippen LogP contribution in [0.1, 0.15) is 15.9 Å². The summed E-state index contributed by atoms with van der Waals surface area (Å²) in [6.07, 6.45) is 4.38. The molecule has 2 heterocycles. The van der Waals surface area contributed by atoms with E-state index in [1.165, 1.54) is 30.4 Å². The zero-order valence-electron chi connectivity index (χ0n) is 19.4. The van der Waals surface area contributed by atoms with Crippen LogP contribution in [0.5, 0.6) is 11.5 Å².